The number of hydrogen-bond acceptors (Lipinski definition) is 6. The van der Waals surface area contributed by atoms with E-state index in [2.05, 4.69) is 20.7 Å². The van der Waals surface area contributed by atoms with Crippen molar-refractivity contribution in [1.29, 1.82) is 0 Å². The van der Waals surface area contributed by atoms with Crippen LogP contribution in [0.5, 0.6) is 5.88 Å². The molecule has 0 saturated heterocycles. The average Bonchev–Trinajstić information content (AvgIpc) is 2.48. The van der Waals surface area contributed by atoms with Gasteiger partial charge in [0, 0.05) is 18.9 Å². The Bertz CT molecular complexity index is 591. The van der Waals surface area contributed by atoms with Crippen LogP contribution in [0.1, 0.15) is 52.7 Å². The fourth-order valence-corrected chi connectivity index (χ4v) is 1.71. The predicted octanol–water partition coefficient (Wildman–Crippen LogP) is 2.00. The van der Waals surface area contributed by atoms with Crippen LogP contribution in [0.15, 0.2) is 17.2 Å². The van der Waals surface area contributed by atoms with E-state index in [-0.39, 0.29) is 24.3 Å². The minimum Gasteiger partial charge on any atom is -0.481 e. The van der Waals surface area contributed by atoms with Gasteiger partial charge in [0.2, 0.25) is 11.8 Å². The maximum Gasteiger partial charge on any atom is 0.303 e. The normalized spacial score (nSPS) is 11.9. The van der Waals surface area contributed by atoms with Crippen molar-refractivity contribution >= 4 is 17.6 Å². The number of nitrogens with one attached hydrogen (secondary N) is 1. The quantitative estimate of drug-likeness (QED) is 0.426. The molecule has 1 amide bonds. The number of ether oxygens (including phenoxy) is 1. The highest BCUT2D eigenvalue weighted by Gasteiger charge is 2.15. The summed E-state index contributed by atoms with van der Waals surface area (Å²) in [6.07, 6.45) is 0.823. The van der Waals surface area contributed by atoms with E-state index in [0.717, 1.165) is 0 Å². The SMILES string of the molecule is C/C(=N/NC(=O)CC(C)(C)C)c1ccc(OCCCC(=O)O)nn1. The summed E-state index contributed by atoms with van der Waals surface area (Å²) < 4.78 is 5.30. The molecule has 0 aliphatic heterocycles. The highest BCUT2D eigenvalue weighted by Crippen LogP contribution is 2.17. The van der Waals surface area contributed by atoms with Crippen LogP contribution >= 0.6 is 0 Å². The van der Waals surface area contributed by atoms with E-state index in [9.17, 15) is 9.59 Å². The Labute approximate surface area is 141 Å². The number of carbonyl (C=O) groups excluding carboxylic acids is 1. The molecule has 1 heterocycles. The minimum absolute atomic E-state index is 0.0472. The molecule has 0 bridgehead atoms. The smallest absolute Gasteiger partial charge is 0.303 e. The molecule has 0 radical (unpaired) electrons. The molecule has 2 N–H and O–H groups in total. The number of rotatable bonds is 8. The van der Waals surface area contributed by atoms with E-state index >= 15 is 0 Å². The molecule has 0 aromatic carbocycles. The first-order valence-electron chi connectivity index (χ1n) is 7.69. The van der Waals surface area contributed by atoms with Gasteiger partial charge in [0.05, 0.1) is 12.3 Å². The minimum atomic E-state index is -0.861. The molecule has 0 aliphatic carbocycles. The van der Waals surface area contributed by atoms with Gasteiger partial charge in [-0.3, -0.25) is 9.59 Å². The Hall–Kier alpha value is -2.51. The molecule has 0 spiro atoms. The molecule has 1 aromatic heterocycles. The van der Waals surface area contributed by atoms with Gasteiger partial charge in [-0.1, -0.05) is 20.8 Å². The molecule has 8 nitrogen and oxygen atoms in total. The Morgan fingerprint density at radius 1 is 1.29 bits per heavy atom. The summed E-state index contributed by atoms with van der Waals surface area (Å²) in [6.45, 7) is 7.91. The highest BCUT2D eigenvalue weighted by molar-refractivity contribution is 5.97. The largest absolute Gasteiger partial charge is 0.481 e. The Balaban J connectivity index is 2.50. The topological polar surface area (TPSA) is 114 Å². The average molecular weight is 336 g/mol. The predicted molar refractivity (Wildman–Crippen MR) is 88.8 cm³/mol. The molecule has 1 aromatic rings. The van der Waals surface area contributed by atoms with Crippen LogP contribution in [0.25, 0.3) is 0 Å². The van der Waals surface area contributed by atoms with Crippen LogP contribution in [-0.2, 0) is 9.59 Å². The van der Waals surface area contributed by atoms with E-state index in [1.807, 2.05) is 20.8 Å². The Morgan fingerprint density at radius 3 is 2.54 bits per heavy atom. The number of carboxylic acid groups (broad SMARTS) is 1. The monoisotopic (exact) mass is 336 g/mol. The zero-order valence-electron chi connectivity index (χ0n) is 14.5. The highest BCUT2D eigenvalue weighted by atomic mass is 16.5. The first-order valence-corrected chi connectivity index (χ1v) is 7.69. The molecule has 0 saturated carbocycles. The standard InChI is InChI=1S/C16H24N4O4/c1-11(17-19-13(21)10-16(2,3)4)12-7-8-14(20-18-12)24-9-5-6-15(22)23/h7-8H,5-6,9-10H2,1-4H3,(H,19,21)(H,22,23)/b17-11-. The molecular weight excluding hydrogens is 312 g/mol. The maximum atomic E-state index is 11.7. The van der Waals surface area contributed by atoms with Crippen LogP contribution < -0.4 is 10.2 Å². The summed E-state index contributed by atoms with van der Waals surface area (Å²) in [5, 5.41) is 20.4. The van der Waals surface area contributed by atoms with Crippen LogP contribution in [0, 0.1) is 5.41 Å². The lowest BCUT2D eigenvalue weighted by Gasteiger charge is -2.15. The van der Waals surface area contributed by atoms with E-state index < -0.39 is 5.97 Å². The zero-order chi connectivity index (χ0) is 18.2. The van der Waals surface area contributed by atoms with Crippen molar-refractivity contribution in [3.63, 3.8) is 0 Å². The zero-order valence-corrected chi connectivity index (χ0v) is 14.5. The second-order valence-electron chi connectivity index (χ2n) is 6.57. The first-order chi connectivity index (χ1) is 11.2. The van der Waals surface area contributed by atoms with Gasteiger partial charge in [-0.2, -0.15) is 5.10 Å². The van der Waals surface area contributed by atoms with E-state index in [4.69, 9.17) is 9.84 Å². The first kappa shape index (κ1) is 19.5. The third-order valence-corrected chi connectivity index (χ3v) is 2.83. The molecular formula is C16H24N4O4. The van der Waals surface area contributed by atoms with Crippen LogP contribution in [0.3, 0.4) is 0 Å². The van der Waals surface area contributed by atoms with Gasteiger partial charge in [0.25, 0.3) is 0 Å². The number of hydrogen-bond donors (Lipinski definition) is 2. The van der Waals surface area contributed by atoms with Crippen molar-refractivity contribution < 1.29 is 19.4 Å². The van der Waals surface area contributed by atoms with Gasteiger partial charge >= 0.3 is 5.97 Å². The molecule has 0 atom stereocenters. The van der Waals surface area contributed by atoms with E-state index in [1.54, 1.807) is 19.1 Å². The Morgan fingerprint density at radius 2 is 2.00 bits per heavy atom. The molecule has 0 aliphatic rings. The molecule has 0 fully saturated rings. The van der Waals surface area contributed by atoms with Crippen LogP contribution in [0.2, 0.25) is 0 Å². The van der Waals surface area contributed by atoms with Gasteiger partial charge in [0.15, 0.2) is 0 Å². The summed E-state index contributed by atoms with van der Waals surface area (Å²) in [4.78, 5) is 22.1. The number of aromatic nitrogens is 2. The van der Waals surface area contributed by atoms with Crippen molar-refractivity contribution in [2.24, 2.45) is 10.5 Å². The van der Waals surface area contributed by atoms with Gasteiger partial charge in [0.1, 0.15) is 5.69 Å². The van der Waals surface area contributed by atoms with Crippen molar-refractivity contribution in [1.82, 2.24) is 15.6 Å². The summed E-state index contributed by atoms with van der Waals surface area (Å²) in [5.41, 5.74) is 3.44. The third-order valence-electron chi connectivity index (χ3n) is 2.83. The number of aliphatic carboxylic acids is 1. The van der Waals surface area contributed by atoms with Gasteiger partial charge in [-0.05, 0) is 24.8 Å². The second kappa shape index (κ2) is 8.95. The fourth-order valence-electron chi connectivity index (χ4n) is 1.71. The fraction of sp³-hybridized carbons (Fsp3) is 0.562. The van der Waals surface area contributed by atoms with Crippen molar-refractivity contribution in [3.8, 4) is 5.88 Å². The van der Waals surface area contributed by atoms with Gasteiger partial charge in [-0.25, -0.2) is 5.43 Å². The summed E-state index contributed by atoms with van der Waals surface area (Å²) in [7, 11) is 0. The number of hydrazone groups is 1. The number of carboxylic acids is 1. The molecule has 0 unspecified atom stereocenters. The van der Waals surface area contributed by atoms with E-state index in [0.29, 0.717) is 30.1 Å². The number of carbonyl (C=O) groups is 2. The van der Waals surface area contributed by atoms with E-state index in [1.165, 1.54) is 0 Å². The second-order valence-corrected chi connectivity index (χ2v) is 6.57. The lowest BCUT2D eigenvalue weighted by Crippen LogP contribution is -2.24. The molecule has 8 heteroatoms. The number of amides is 1. The van der Waals surface area contributed by atoms with Crippen molar-refractivity contribution in [2.75, 3.05) is 6.61 Å². The molecule has 132 valence electrons. The summed E-state index contributed by atoms with van der Waals surface area (Å²) in [6, 6.07) is 3.30. The summed E-state index contributed by atoms with van der Waals surface area (Å²) in [5.74, 6) is -0.706. The van der Waals surface area contributed by atoms with Crippen LogP contribution in [0.4, 0.5) is 0 Å². The molecule has 24 heavy (non-hydrogen) atoms. The lowest BCUT2D eigenvalue weighted by atomic mass is 9.92. The maximum absolute atomic E-state index is 11.7. The van der Waals surface area contributed by atoms with Crippen molar-refractivity contribution in [3.05, 3.63) is 17.8 Å². The van der Waals surface area contributed by atoms with Gasteiger partial charge in [-0.15, -0.1) is 10.2 Å². The van der Waals surface area contributed by atoms with Crippen molar-refractivity contribution in [2.45, 2.75) is 47.0 Å². The van der Waals surface area contributed by atoms with Crippen LogP contribution in [-0.4, -0.2) is 39.5 Å². The molecule has 1 rings (SSSR count). The lowest BCUT2D eigenvalue weighted by molar-refractivity contribution is -0.137. The number of nitrogens with zero attached hydrogens (tertiary/aromatic N) is 3. The summed E-state index contributed by atoms with van der Waals surface area (Å²) >= 11 is 0. The Kier molecular flexibility index (Phi) is 7.29. The third kappa shape index (κ3) is 8.21. The van der Waals surface area contributed by atoms with Gasteiger partial charge < -0.3 is 9.84 Å².